The maximum Gasteiger partial charge on any atom is 0.258 e. The van der Waals surface area contributed by atoms with Gasteiger partial charge in [0.2, 0.25) is 0 Å². The molecule has 5 heteroatoms. The van der Waals surface area contributed by atoms with E-state index in [1.54, 1.807) is 18.2 Å². The molecule has 0 atom stereocenters. The van der Waals surface area contributed by atoms with Crippen LogP contribution in [0.25, 0.3) is 0 Å². The van der Waals surface area contributed by atoms with E-state index in [0.29, 0.717) is 23.6 Å². The SMILES string of the molecule is COc1cc(OCC(=O)NCc2ccc(C)cc2)ccc1CO. The molecule has 5 nitrogen and oxygen atoms in total. The molecule has 0 unspecified atom stereocenters. The number of benzene rings is 2. The van der Waals surface area contributed by atoms with Gasteiger partial charge in [0.25, 0.3) is 5.91 Å². The Labute approximate surface area is 135 Å². The summed E-state index contributed by atoms with van der Waals surface area (Å²) in [7, 11) is 1.52. The summed E-state index contributed by atoms with van der Waals surface area (Å²) >= 11 is 0. The quantitative estimate of drug-likeness (QED) is 0.822. The number of methoxy groups -OCH3 is 1. The van der Waals surface area contributed by atoms with Crippen LogP contribution in [0.1, 0.15) is 16.7 Å². The number of carbonyl (C=O) groups excluding carboxylic acids is 1. The number of aliphatic hydroxyl groups is 1. The molecule has 1 amide bonds. The minimum atomic E-state index is -0.198. The van der Waals surface area contributed by atoms with Gasteiger partial charge in [-0.2, -0.15) is 0 Å². The number of hydrogen-bond donors (Lipinski definition) is 2. The van der Waals surface area contributed by atoms with Crippen molar-refractivity contribution in [3.05, 3.63) is 59.2 Å². The van der Waals surface area contributed by atoms with Crippen molar-refractivity contribution in [2.75, 3.05) is 13.7 Å². The largest absolute Gasteiger partial charge is 0.496 e. The van der Waals surface area contributed by atoms with E-state index in [-0.39, 0.29) is 19.1 Å². The number of aryl methyl sites for hydroxylation is 1. The lowest BCUT2D eigenvalue weighted by atomic mass is 10.1. The Morgan fingerprint density at radius 2 is 1.91 bits per heavy atom. The molecular weight excluding hydrogens is 294 g/mol. The molecule has 122 valence electrons. The molecule has 23 heavy (non-hydrogen) atoms. The highest BCUT2D eigenvalue weighted by atomic mass is 16.5. The number of amides is 1. The molecule has 2 rings (SSSR count). The molecule has 0 bridgehead atoms. The Balaban J connectivity index is 1.83. The summed E-state index contributed by atoms with van der Waals surface area (Å²) in [6.45, 7) is 2.30. The minimum Gasteiger partial charge on any atom is -0.496 e. The van der Waals surface area contributed by atoms with Gasteiger partial charge >= 0.3 is 0 Å². The lowest BCUT2D eigenvalue weighted by molar-refractivity contribution is -0.123. The van der Waals surface area contributed by atoms with Gasteiger partial charge in [0, 0.05) is 18.2 Å². The molecule has 0 radical (unpaired) electrons. The molecule has 0 aliphatic carbocycles. The summed E-state index contributed by atoms with van der Waals surface area (Å²) in [5.41, 5.74) is 2.89. The van der Waals surface area contributed by atoms with E-state index in [4.69, 9.17) is 14.6 Å². The second-order valence-corrected chi connectivity index (χ2v) is 5.18. The second-order valence-electron chi connectivity index (χ2n) is 5.18. The van der Waals surface area contributed by atoms with E-state index in [1.165, 1.54) is 12.7 Å². The molecule has 0 spiro atoms. The van der Waals surface area contributed by atoms with E-state index in [2.05, 4.69) is 5.32 Å². The molecular formula is C18H21NO4. The van der Waals surface area contributed by atoms with Crippen molar-refractivity contribution in [2.45, 2.75) is 20.1 Å². The molecule has 0 heterocycles. The Hall–Kier alpha value is -2.53. The van der Waals surface area contributed by atoms with Crippen LogP contribution in [0.3, 0.4) is 0 Å². The van der Waals surface area contributed by atoms with E-state index < -0.39 is 0 Å². The zero-order valence-electron chi connectivity index (χ0n) is 13.3. The Morgan fingerprint density at radius 3 is 2.57 bits per heavy atom. The standard InChI is InChI=1S/C18H21NO4/c1-13-3-5-14(6-4-13)10-19-18(21)12-23-16-8-7-15(11-20)17(9-16)22-2/h3-9,20H,10-12H2,1-2H3,(H,19,21). The Kier molecular flexibility index (Phi) is 6.00. The highest BCUT2D eigenvalue weighted by Crippen LogP contribution is 2.24. The third kappa shape index (κ3) is 5.00. The van der Waals surface area contributed by atoms with Gasteiger partial charge < -0.3 is 19.9 Å². The zero-order chi connectivity index (χ0) is 16.7. The first-order valence-electron chi connectivity index (χ1n) is 7.35. The van der Waals surface area contributed by atoms with Crippen LogP contribution in [0.5, 0.6) is 11.5 Å². The van der Waals surface area contributed by atoms with E-state index >= 15 is 0 Å². The number of ether oxygens (including phenoxy) is 2. The summed E-state index contributed by atoms with van der Waals surface area (Å²) in [5.74, 6) is 0.852. The predicted molar refractivity (Wildman–Crippen MR) is 87.4 cm³/mol. The number of rotatable bonds is 7. The Bertz CT molecular complexity index is 653. The summed E-state index contributed by atoms with van der Waals surface area (Å²) < 4.78 is 10.6. The highest BCUT2D eigenvalue weighted by Gasteiger charge is 2.07. The van der Waals surface area contributed by atoms with Crippen LogP contribution < -0.4 is 14.8 Å². The lowest BCUT2D eigenvalue weighted by Gasteiger charge is -2.11. The number of nitrogens with one attached hydrogen (secondary N) is 1. The Morgan fingerprint density at radius 1 is 1.17 bits per heavy atom. The fourth-order valence-electron chi connectivity index (χ4n) is 2.05. The molecule has 0 aliphatic heterocycles. The zero-order valence-corrected chi connectivity index (χ0v) is 13.3. The summed E-state index contributed by atoms with van der Waals surface area (Å²) in [6.07, 6.45) is 0. The van der Waals surface area contributed by atoms with Gasteiger partial charge in [0.15, 0.2) is 6.61 Å². The van der Waals surface area contributed by atoms with Crippen LogP contribution in [0.2, 0.25) is 0 Å². The fraction of sp³-hybridized carbons (Fsp3) is 0.278. The van der Waals surface area contributed by atoms with Gasteiger partial charge in [-0.1, -0.05) is 29.8 Å². The van der Waals surface area contributed by atoms with Crippen LogP contribution >= 0.6 is 0 Å². The molecule has 0 saturated carbocycles. The van der Waals surface area contributed by atoms with Crippen molar-refractivity contribution >= 4 is 5.91 Å². The maximum atomic E-state index is 11.8. The van der Waals surface area contributed by atoms with Crippen LogP contribution in [0, 0.1) is 6.92 Å². The van der Waals surface area contributed by atoms with E-state index in [1.807, 2.05) is 31.2 Å². The third-order valence-electron chi connectivity index (χ3n) is 3.41. The molecule has 2 aromatic rings. The molecule has 2 aromatic carbocycles. The minimum absolute atomic E-state index is 0.0759. The third-order valence-corrected chi connectivity index (χ3v) is 3.41. The van der Waals surface area contributed by atoms with Crippen LogP contribution in [-0.2, 0) is 17.9 Å². The van der Waals surface area contributed by atoms with E-state index in [0.717, 1.165) is 5.56 Å². The number of carbonyl (C=O) groups is 1. The van der Waals surface area contributed by atoms with Gasteiger partial charge in [-0.05, 0) is 24.6 Å². The van der Waals surface area contributed by atoms with Gasteiger partial charge in [-0.15, -0.1) is 0 Å². The van der Waals surface area contributed by atoms with Crippen molar-refractivity contribution in [1.82, 2.24) is 5.32 Å². The first kappa shape index (κ1) is 16.8. The maximum absolute atomic E-state index is 11.8. The average molecular weight is 315 g/mol. The van der Waals surface area contributed by atoms with Gasteiger partial charge in [-0.3, -0.25) is 4.79 Å². The van der Waals surface area contributed by atoms with Gasteiger partial charge in [-0.25, -0.2) is 0 Å². The molecule has 0 fully saturated rings. The normalized spacial score (nSPS) is 10.2. The van der Waals surface area contributed by atoms with Crippen LogP contribution in [-0.4, -0.2) is 24.7 Å². The van der Waals surface area contributed by atoms with E-state index in [9.17, 15) is 4.79 Å². The molecule has 0 aliphatic rings. The number of aliphatic hydroxyl groups excluding tert-OH is 1. The number of hydrogen-bond acceptors (Lipinski definition) is 4. The molecule has 0 saturated heterocycles. The van der Waals surface area contributed by atoms with Crippen molar-refractivity contribution < 1.29 is 19.4 Å². The summed E-state index contributed by atoms with van der Waals surface area (Å²) in [4.78, 5) is 11.8. The monoisotopic (exact) mass is 315 g/mol. The smallest absolute Gasteiger partial charge is 0.258 e. The fourth-order valence-corrected chi connectivity index (χ4v) is 2.05. The average Bonchev–Trinajstić information content (AvgIpc) is 2.59. The topological polar surface area (TPSA) is 67.8 Å². The van der Waals surface area contributed by atoms with Crippen molar-refractivity contribution in [3.63, 3.8) is 0 Å². The summed E-state index contributed by atoms with van der Waals surface area (Å²) in [5, 5.41) is 12.0. The first-order chi connectivity index (χ1) is 11.1. The predicted octanol–water partition coefficient (Wildman–Crippen LogP) is 2.19. The molecule has 2 N–H and O–H groups in total. The lowest BCUT2D eigenvalue weighted by Crippen LogP contribution is -2.28. The van der Waals surface area contributed by atoms with Crippen molar-refractivity contribution in [1.29, 1.82) is 0 Å². The van der Waals surface area contributed by atoms with Gasteiger partial charge in [0.05, 0.1) is 13.7 Å². The van der Waals surface area contributed by atoms with Crippen LogP contribution in [0.4, 0.5) is 0 Å². The highest BCUT2D eigenvalue weighted by molar-refractivity contribution is 5.77. The van der Waals surface area contributed by atoms with Crippen molar-refractivity contribution in [2.24, 2.45) is 0 Å². The van der Waals surface area contributed by atoms with Gasteiger partial charge in [0.1, 0.15) is 11.5 Å². The second kappa shape index (κ2) is 8.19. The summed E-state index contributed by atoms with van der Waals surface area (Å²) in [6, 6.07) is 13.0. The van der Waals surface area contributed by atoms with Crippen molar-refractivity contribution in [3.8, 4) is 11.5 Å². The van der Waals surface area contributed by atoms with Crippen LogP contribution in [0.15, 0.2) is 42.5 Å². The molecule has 0 aromatic heterocycles. The first-order valence-corrected chi connectivity index (χ1v) is 7.35.